The van der Waals surface area contributed by atoms with E-state index >= 15 is 0 Å². The van der Waals surface area contributed by atoms with Gasteiger partial charge in [0.2, 0.25) is 0 Å². The van der Waals surface area contributed by atoms with Gasteiger partial charge in [-0.05, 0) is 22.0 Å². The van der Waals surface area contributed by atoms with Gasteiger partial charge >= 0.3 is 0 Å². The lowest BCUT2D eigenvalue weighted by molar-refractivity contribution is 0.140. The number of nitrogens with two attached hydrogens (primary N) is 1. The highest BCUT2D eigenvalue weighted by molar-refractivity contribution is 9.10. The first-order valence-corrected chi connectivity index (χ1v) is 4.47. The molecule has 1 aromatic rings. The maximum atomic E-state index is 9.43. The topological polar surface area (TPSA) is 75.7 Å². The van der Waals surface area contributed by atoms with Gasteiger partial charge in [0.25, 0.3) is 0 Å². The van der Waals surface area contributed by atoms with Crippen molar-refractivity contribution < 1.29 is 15.1 Å². The summed E-state index contributed by atoms with van der Waals surface area (Å²) in [5.41, 5.74) is 0.603. The minimum atomic E-state index is -0.158. The minimum Gasteiger partial charge on any atom is -0.504 e. The Morgan fingerprint density at radius 3 is 2.62 bits per heavy atom. The molecule has 1 aromatic carbocycles. The standard InChI is InChI=1S/C8H10BrNO3/c9-6-2-1-5(3-4-13-10)7(11)8(6)12/h1-2,11-12H,3-4,10H2. The van der Waals surface area contributed by atoms with E-state index in [4.69, 9.17) is 5.90 Å². The van der Waals surface area contributed by atoms with Gasteiger partial charge in [0.1, 0.15) is 0 Å². The fraction of sp³-hybridized carbons (Fsp3) is 0.250. The molecule has 1 rings (SSSR count). The summed E-state index contributed by atoms with van der Waals surface area (Å²) in [7, 11) is 0. The maximum absolute atomic E-state index is 9.43. The number of benzene rings is 1. The second kappa shape index (κ2) is 4.45. The van der Waals surface area contributed by atoms with Crippen LogP contribution in [-0.4, -0.2) is 16.8 Å². The summed E-state index contributed by atoms with van der Waals surface area (Å²) in [4.78, 5) is 4.37. The highest BCUT2D eigenvalue weighted by Crippen LogP contribution is 2.35. The van der Waals surface area contributed by atoms with E-state index < -0.39 is 0 Å². The molecule has 0 heterocycles. The van der Waals surface area contributed by atoms with Crippen molar-refractivity contribution in [3.8, 4) is 11.5 Å². The van der Waals surface area contributed by atoms with Crippen molar-refractivity contribution in [1.82, 2.24) is 0 Å². The molecule has 0 aliphatic rings. The van der Waals surface area contributed by atoms with Gasteiger partial charge in [0.05, 0.1) is 11.1 Å². The highest BCUT2D eigenvalue weighted by atomic mass is 79.9. The number of halogens is 1. The summed E-state index contributed by atoms with van der Waals surface area (Å²) in [6.07, 6.45) is 0.461. The summed E-state index contributed by atoms with van der Waals surface area (Å²) in [6.45, 7) is 0.300. The molecule has 0 bridgehead atoms. The molecular formula is C8H10BrNO3. The summed E-state index contributed by atoms with van der Waals surface area (Å²) < 4.78 is 0.461. The molecule has 0 saturated heterocycles. The van der Waals surface area contributed by atoms with Crippen molar-refractivity contribution in [1.29, 1.82) is 0 Å². The molecule has 0 aliphatic carbocycles. The number of phenolic OH excluding ortho intramolecular Hbond substituents is 2. The van der Waals surface area contributed by atoms with E-state index in [1.54, 1.807) is 12.1 Å². The van der Waals surface area contributed by atoms with Crippen LogP contribution in [0.1, 0.15) is 5.56 Å². The smallest absolute Gasteiger partial charge is 0.172 e. The fourth-order valence-electron chi connectivity index (χ4n) is 0.967. The lowest BCUT2D eigenvalue weighted by atomic mass is 10.1. The Hall–Kier alpha value is -0.780. The zero-order valence-corrected chi connectivity index (χ0v) is 8.41. The largest absolute Gasteiger partial charge is 0.504 e. The molecule has 72 valence electrons. The molecular weight excluding hydrogens is 238 g/mol. The Morgan fingerprint density at radius 1 is 1.31 bits per heavy atom. The zero-order valence-electron chi connectivity index (χ0n) is 6.83. The predicted molar refractivity (Wildman–Crippen MR) is 51.3 cm³/mol. The van der Waals surface area contributed by atoms with Crippen LogP contribution in [0.2, 0.25) is 0 Å². The van der Waals surface area contributed by atoms with Gasteiger partial charge in [-0.1, -0.05) is 6.07 Å². The van der Waals surface area contributed by atoms with E-state index in [0.717, 1.165) is 0 Å². The quantitative estimate of drug-likeness (QED) is 0.556. The Labute approximate surface area is 84.0 Å². The molecule has 0 aromatic heterocycles. The van der Waals surface area contributed by atoms with Gasteiger partial charge in [-0.2, -0.15) is 0 Å². The molecule has 13 heavy (non-hydrogen) atoms. The van der Waals surface area contributed by atoms with Crippen LogP contribution < -0.4 is 5.90 Å². The van der Waals surface area contributed by atoms with Crippen molar-refractivity contribution >= 4 is 15.9 Å². The second-order valence-corrected chi connectivity index (χ2v) is 3.38. The van der Waals surface area contributed by atoms with Gasteiger partial charge in [-0.25, -0.2) is 5.90 Å². The number of hydrogen-bond acceptors (Lipinski definition) is 4. The molecule has 4 N–H and O–H groups in total. The van der Waals surface area contributed by atoms with Crippen LogP contribution in [0.3, 0.4) is 0 Å². The molecule has 0 aliphatic heterocycles. The average Bonchev–Trinajstić information content (AvgIpc) is 2.13. The van der Waals surface area contributed by atoms with Crippen molar-refractivity contribution in [3.05, 3.63) is 22.2 Å². The number of aromatic hydroxyl groups is 2. The van der Waals surface area contributed by atoms with Gasteiger partial charge in [-0.3, -0.25) is 0 Å². The first-order valence-electron chi connectivity index (χ1n) is 3.67. The SMILES string of the molecule is NOCCc1ccc(Br)c(O)c1O. The van der Waals surface area contributed by atoms with Gasteiger partial charge in [0, 0.05) is 12.0 Å². The van der Waals surface area contributed by atoms with Crippen LogP contribution in [0, 0.1) is 0 Å². The van der Waals surface area contributed by atoms with Gasteiger partial charge in [-0.15, -0.1) is 0 Å². The minimum absolute atomic E-state index is 0.133. The average molecular weight is 248 g/mol. The van der Waals surface area contributed by atoms with Crippen LogP contribution in [0.25, 0.3) is 0 Å². The molecule has 0 radical (unpaired) electrons. The third-order valence-corrected chi connectivity index (χ3v) is 2.31. The van der Waals surface area contributed by atoms with E-state index in [9.17, 15) is 10.2 Å². The van der Waals surface area contributed by atoms with Crippen molar-refractivity contribution in [2.24, 2.45) is 5.90 Å². The number of hydrogen-bond donors (Lipinski definition) is 3. The lowest BCUT2D eigenvalue weighted by Crippen LogP contribution is -2.03. The van der Waals surface area contributed by atoms with Crippen molar-refractivity contribution in [2.75, 3.05) is 6.61 Å². The van der Waals surface area contributed by atoms with Crippen LogP contribution >= 0.6 is 15.9 Å². The van der Waals surface area contributed by atoms with E-state index in [1.165, 1.54) is 0 Å². The third-order valence-electron chi connectivity index (χ3n) is 1.67. The van der Waals surface area contributed by atoms with Crippen molar-refractivity contribution in [3.63, 3.8) is 0 Å². The molecule has 0 atom stereocenters. The van der Waals surface area contributed by atoms with E-state index in [0.29, 0.717) is 23.1 Å². The van der Waals surface area contributed by atoms with E-state index in [1.807, 2.05) is 0 Å². The Morgan fingerprint density at radius 2 is 2.00 bits per heavy atom. The Bertz CT molecular complexity index is 304. The first kappa shape index (κ1) is 10.3. The van der Waals surface area contributed by atoms with Crippen LogP contribution in [0.4, 0.5) is 0 Å². The van der Waals surface area contributed by atoms with Crippen LogP contribution in [0.15, 0.2) is 16.6 Å². The van der Waals surface area contributed by atoms with Crippen LogP contribution in [0.5, 0.6) is 11.5 Å². The van der Waals surface area contributed by atoms with Gasteiger partial charge in [0.15, 0.2) is 11.5 Å². The summed E-state index contributed by atoms with van der Waals surface area (Å²) >= 11 is 3.08. The molecule has 0 amide bonds. The normalized spacial score (nSPS) is 10.3. The summed E-state index contributed by atoms with van der Waals surface area (Å²) in [5, 5.41) is 18.7. The fourth-order valence-corrected chi connectivity index (χ4v) is 1.29. The molecule has 0 unspecified atom stereocenters. The summed E-state index contributed by atoms with van der Waals surface area (Å²) in [6, 6.07) is 3.35. The van der Waals surface area contributed by atoms with E-state index in [-0.39, 0.29) is 11.5 Å². The zero-order chi connectivity index (χ0) is 9.84. The highest BCUT2D eigenvalue weighted by Gasteiger charge is 2.09. The molecule has 0 saturated carbocycles. The lowest BCUT2D eigenvalue weighted by Gasteiger charge is -2.06. The third kappa shape index (κ3) is 2.33. The Balaban J connectivity index is 2.90. The predicted octanol–water partition coefficient (Wildman–Crippen LogP) is 1.29. The Kier molecular flexibility index (Phi) is 3.53. The number of rotatable bonds is 3. The second-order valence-electron chi connectivity index (χ2n) is 2.52. The summed E-state index contributed by atoms with van der Waals surface area (Å²) in [5.74, 6) is 4.55. The number of phenols is 2. The van der Waals surface area contributed by atoms with Gasteiger partial charge < -0.3 is 15.1 Å². The molecule has 0 fully saturated rings. The molecule has 4 nitrogen and oxygen atoms in total. The van der Waals surface area contributed by atoms with Crippen molar-refractivity contribution in [2.45, 2.75) is 6.42 Å². The first-order chi connectivity index (χ1) is 6.16. The molecule has 0 spiro atoms. The maximum Gasteiger partial charge on any atom is 0.172 e. The molecule has 5 heteroatoms. The van der Waals surface area contributed by atoms with E-state index in [2.05, 4.69) is 20.8 Å². The monoisotopic (exact) mass is 247 g/mol. The van der Waals surface area contributed by atoms with Crippen LogP contribution in [-0.2, 0) is 11.3 Å².